The molecule has 10 heteroatoms. The third kappa shape index (κ3) is 8.90. The molecular formula is C34H45N5O5. The van der Waals surface area contributed by atoms with E-state index in [4.69, 9.17) is 0 Å². The lowest BCUT2D eigenvalue weighted by molar-refractivity contribution is -0.136. The molecule has 2 aromatic carbocycles. The van der Waals surface area contributed by atoms with Crippen LogP contribution >= 0.6 is 0 Å². The van der Waals surface area contributed by atoms with Gasteiger partial charge in [0.05, 0.1) is 0 Å². The van der Waals surface area contributed by atoms with Crippen LogP contribution in [0.4, 0.5) is 0 Å². The van der Waals surface area contributed by atoms with Gasteiger partial charge in [-0.1, -0.05) is 68.4 Å². The largest absolute Gasteiger partial charge is 0.354 e. The maximum Gasteiger partial charge on any atom is 0.243 e. The van der Waals surface area contributed by atoms with Gasteiger partial charge in [0.15, 0.2) is 0 Å². The molecule has 10 nitrogen and oxygen atoms in total. The topological polar surface area (TPSA) is 137 Å². The van der Waals surface area contributed by atoms with Crippen LogP contribution in [0, 0.1) is 11.8 Å². The average molecular weight is 604 g/mol. The van der Waals surface area contributed by atoms with Gasteiger partial charge in [-0.15, -0.1) is 0 Å². The van der Waals surface area contributed by atoms with Gasteiger partial charge in [0.2, 0.25) is 29.5 Å². The smallest absolute Gasteiger partial charge is 0.243 e. The van der Waals surface area contributed by atoms with Crippen molar-refractivity contribution in [3.63, 3.8) is 0 Å². The van der Waals surface area contributed by atoms with Crippen LogP contribution in [0.5, 0.6) is 0 Å². The molecule has 2 aliphatic rings. The van der Waals surface area contributed by atoms with E-state index in [0.29, 0.717) is 45.3 Å². The first kappa shape index (κ1) is 32.7. The molecular weight excluding hydrogens is 558 g/mol. The fourth-order valence-electron chi connectivity index (χ4n) is 5.86. The van der Waals surface area contributed by atoms with E-state index in [2.05, 4.69) is 33.4 Å². The van der Waals surface area contributed by atoms with E-state index in [0.717, 1.165) is 5.56 Å². The summed E-state index contributed by atoms with van der Waals surface area (Å²) in [4.78, 5) is 68.0. The first-order valence-electron chi connectivity index (χ1n) is 15.7. The molecule has 1 fully saturated rings. The molecule has 236 valence electrons. The second-order valence-electron chi connectivity index (χ2n) is 12.2. The minimum atomic E-state index is -0.924. The second-order valence-corrected chi connectivity index (χ2v) is 12.2. The molecule has 4 N–H and O–H groups in total. The highest BCUT2D eigenvalue weighted by Crippen LogP contribution is 2.28. The van der Waals surface area contributed by atoms with Crippen LogP contribution in [0.25, 0.3) is 0 Å². The molecule has 44 heavy (non-hydrogen) atoms. The quantitative estimate of drug-likeness (QED) is 0.423. The van der Waals surface area contributed by atoms with Gasteiger partial charge in [-0.2, -0.15) is 0 Å². The fraction of sp³-hybridized carbons (Fsp3) is 0.500. The third-order valence-electron chi connectivity index (χ3n) is 8.38. The molecule has 0 radical (unpaired) electrons. The summed E-state index contributed by atoms with van der Waals surface area (Å²) in [5.74, 6) is -1.90. The Morgan fingerprint density at radius 2 is 1.45 bits per heavy atom. The van der Waals surface area contributed by atoms with Gasteiger partial charge in [0.25, 0.3) is 0 Å². The van der Waals surface area contributed by atoms with Gasteiger partial charge in [0, 0.05) is 38.4 Å². The molecule has 1 heterocycles. The summed E-state index contributed by atoms with van der Waals surface area (Å²) in [6.45, 7) is 6.39. The Bertz CT molecular complexity index is 1310. The lowest BCUT2D eigenvalue weighted by Gasteiger charge is -2.27. The number of rotatable bonds is 4. The van der Waals surface area contributed by atoms with Crippen LogP contribution in [0.3, 0.4) is 0 Å². The van der Waals surface area contributed by atoms with Crippen LogP contribution < -0.4 is 21.3 Å². The molecule has 1 saturated heterocycles. The number of hydrogen-bond donors (Lipinski definition) is 4. The molecule has 1 aliphatic carbocycles. The summed E-state index contributed by atoms with van der Waals surface area (Å²) >= 11 is 0. The minimum Gasteiger partial charge on any atom is -0.354 e. The molecule has 5 amide bonds. The van der Waals surface area contributed by atoms with Crippen LogP contribution in [0.1, 0.15) is 56.7 Å². The summed E-state index contributed by atoms with van der Waals surface area (Å²) in [5, 5.41) is 11.2. The van der Waals surface area contributed by atoms with Crippen molar-refractivity contribution in [3.8, 4) is 0 Å². The number of carbonyl (C=O) groups excluding carboxylic acids is 5. The van der Waals surface area contributed by atoms with Crippen molar-refractivity contribution in [1.82, 2.24) is 26.2 Å². The Labute approximate surface area is 259 Å². The summed E-state index contributed by atoms with van der Waals surface area (Å²) in [6, 6.07) is 14.8. The second kappa shape index (κ2) is 15.5. The van der Waals surface area contributed by atoms with Crippen LogP contribution in [-0.4, -0.2) is 72.2 Å². The first-order valence-corrected chi connectivity index (χ1v) is 15.7. The van der Waals surface area contributed by atoms with E-state index in [1.54, 1.807) is 11.8 Å². The van der Waals surface area contributed by atoms with Gasteiger partial charge in [0.1, 0.15) is 18.1 Å². The number of nitrogens with one attached hydrogen (secondary N) is 4. The zero-order valence-electron chi connectivity index (χ0n) is 25.9. The normalized spacial score (nSPS) is 23.1. The minimum absolute atomic E-state index is 0.0463. The highest BCUT2D eigenvalue weighted by molar-refractivity contribution is 5.94. The maximum absolute atomic E-state index is 13.7. The Hall–Kier alpha value is -4.21. The molecule has 0 saturated carbocycles. The Morgan fingerprint density at radius 1 is 0.818 bits per heavy atom. The van der Waals surface area contributed by atoms with Crippen molar-refractivity contribution in [1.29, 1.82) is 0 Å². The van der Waals surface area contributed by atoms with E-state index in [9.17, 15) is 24.0 Å². The van der Waals surface area contributed by atoms with E-state index in [1.807, 2.05) is 56.3 Å². The molecule has 3 atom stereocenters. The van der Waals surface area contributed by atoms with Crippen molar-refractivity contribution in [2.75, 3.05) is 19.6 Å². The van der Waals surface area contributed by atoms with Crippen molar-refractivity contribution in [2.45, 2.75) is 77.4 Å². The van der Waals surface area contributed by atoms with Crippen LogP contribution in [0.2, 0.25) is 0 Å². The third-order valence-corrected chi connectivity index (χ3v) is 8.38. The van der Waals surface area contributed by atoms with Gasteiger partial charge in [-0.05, 0) is 55.2 Å². The van der Waals surface area contributed by atoms with E-state index in [-0.39, 0.29) is 42.4 Å². The highest BCUT2D eigenvalue weighted by Gasteiger charge is 2.32. The predicted octanol–water partition coefficient (Wildman–Crippen LogP) is 1.90. The Balaban J connectivity index is 1.51. The van der Waals surface area contributed by atoms with E-state index >= 15 is 0 Å². The van der Waals surface area contributed by atoms with Crippen LogP contribution in [-0.2, 0) is 43.2 Å². The number of fused-ring (bicyclic) bond motifs is 1. The van der Waals surface area contributed by atoms with Gasteiger partial charge in [-0.25, -0.2) is 0 Å². The zero-order chi connectivity index (χ0) is 31.6. The van der Waals surface area contributed by atoms with Gasteiger partial charge < -0.3 is 26.2 Å². The SMILES string of the molecule is CC(C)[C@H]1NC(=O)[C@@H](C)NC(=O)[C@H](Cc2ccccc2)NC(=O)CCCN(C(=O)C2Cc3ccccc3C2)CCCNC1=O. The molecule has 4 rings (SSSR count). The van der Waals surface area contributed by atoms with Crippen molar-refractivity contribution in [2.24, 2.45) is 11.8 Å². The van der Waals surface area contributed by atoms with E-state index in [1.165, 1.54) is 11.1 Å². The molecule has 0 unspecified atom stereocenters. The summed E-state index contributed by atoms with van der Waals surface area (Å²) < 4.78 is 0. The van der Waals surface area contributed by atoms with Gasteiger partial charge in [-0.3, -0.25) is 24.0 Å². The summed E-state index contributed by atoms with van der Waals surface area (Å²) in [6.07, 6.45) is 2.72. The predicted molar refractivity (Wildman–Crippen MR) is 167 cm³/mol. The lowest BCUT2D eigenvalue weighted by Crippen LogP contribution is -2.57. The molecule has 0 spiro atoms. The first-order chi connectivity index (χ1) is 21.1. The number of nitrogens with zero attached hydrogens (tertiary/aromatic N) is 1. The Kier molecular flexibility index (Phi) is 11.5. The standard InChI is InChI=1S/C34H45N5O5/c1-22(2)30-33(43)35-16-10-18-39(34(44)27-20-25-13-7-8-14-26(25)21-27)17-9-15-29(40)37-28(19-24-11-5-4-6-12-24)32(42)36-23(3)31(41)38-30/h4-8,11-14,22-23,27-28,30H,9-10,15-21H2,1-3H3,(H,35,43)(H,36,42)(H,37,40)(H,38,41)/t23-,28+,30-/m1/s1. The average Bonchev–Trinajstić information content (AvgIpc) is 3.44. The van der Waals surface area contributed by atoms with E-state index < -0.39 is 29.9 Å². The highest BCUT2D eigenvalue weighted by atomic mass is 16.2. The summed E-state index contributed by atoms with van der Waals surface area (Å²) in [7, 11) is 0. The van der Waals surface area contributed by atoms with Crippen LogP contribution in [0.15, 0.2) is 54.6 Å². The number of benzene rings is 2. The zero-order valence-corrected chi connectivity index (χ0v) is 25.9. The number of carbonyl (C=O) groups is 5. The van der Waals surface area contributed by atoms with Crippen molar-refractivity contribution < 1.29 is 24.0 Å². The lowest BCUT2D eigenvalue weighted by atomic mass is 10.0. The molecule has 0 bridgehead atoms. The maximum atomic E-state index is 13.7. The van der Waals surface area contributed by atoms with Crippen molar-refractivity contribution >= 4 is 29.5 Å². The molecule has 0 aromatic heterocycles. The number of amides is 5. The summed E-state index contributed by atoms with van der Waals surface area (Å²) in [5.41, 5.74) is 3.24. The fourth-order valence-corrected chi connectivity index (χ4v) is 5.86. The molecule has 1 aliphatic heterocycles. The van der Waals surface area contributed by atoms with Gasteiger partial charge >= 0.3 is 0 Å². The monoisotopic (exact) mass is 603 g/mol. The number of hydrogen-bond acceptors (Lipinski definition) is 5. The van der Waals surface area contributed by atoms with Crippen molar-refractivity contribution in [3.05, 3.63) is 71.3 Å². The molecule has 2 aromatic rings. The Morgan fingerprint density at radius 3 is 2.11 bits per heavy atom.